The minimum absolute atomic E-state index is 0.361. The van der Waals surface area contributed by atoms with Gasteiger partial charge in [-0.2, -0.15) is 0 Å². The van der Waals surface area contributed by atoms with Gasteiger partial charge in [-0.25, -0.2) is 4.39 Å². The summed E-state index contributed by atoms with van der Waals surface area (Å²) < 4.78 is 12.9. The van der Waals surface area contributed by atoms with Gasteiger partial charge in [-0.15, -0.1) is 0 Å². The zero-order valence-corrected chi connectivity index (χ0v) is 8.52. The van der Waals surface area contributed by atoms with Crippen LogP contribution in [-0.4, -0.2) is 6.17 Å². The first-order valence-electron chi connectivity index (χ1n) is 5.25. The van der Waals surface area contributed by atoms with E-state index in [0.29, 0.717) is 5.92 Å². The molecule has 1 saturated carbocycles. The molecular weight excluding hydrogens is 151 g/mol. The molecule has 1 heteroatoms. The van der Waals surface area contributed by atoms with Crippen LogP contribution < -0.4 is 0 Å². The van der Waals surface area contributed by atoms with E-state index < -0.39 is 6.17 Å². The van der Waals surface area contributed by atoms with Gasteiger partial charge in [-0.3, -0.25) is 0 Å². The summed E-state index contributed by atoms with van der Waals surface area (Å²) in [6.45, 7) is 6.27. The van der Waals surface area contributed by atoms with E-state index in [0.717, 1.165) is 24.7 Å². The lowest BCUT2D eigenvalue weighted by atomic mass is 9.76. The molecule has 72 valence electrons. The predicted octanol–water partition coefficient (Wildman–Crippen LogP) is 3.81. The molecular formula is C11H21F. The third kappa shape index (κ3) is 2.46. The lowest BCUT2D eigenvalue weighted by Gasteiger charge is -2.31. The Morgan fingerprint density at radius 2 is 1.33 bits per heavy atom. The van der Waals surface area contributed by atoms with E-state index in [1.54, 1.807) is 6.92 Å². The summed E-state index contributed by atoms with van der Waals surface area (Å²) in [5.41, 5.74) is 0. The van der Waals surface area contributed by atoms with Gasteiger partial charge < -0.3 is 0 Å². The molecule has 0 bridgehead atoms. The van der Waals surface area contributed by atoms with E-state index in [4.69, 9.17) is 0 Å². The number of alkyl halides is 1. The van der Waals surface area contributed by atoms with Crippen LogP contribution in [0.1, 0.15) is 46.5 Å². The first-order valence-corrected chi connectivity index (χ1v) is 5.25. The largest absolute Gasteiger partial charge is 0.247 e. The standard InChI is InChI=1S/C11H21F/c1-8(2)10-4-6-11(7-5-10)9(3)12/h8-11H,4-7H2,1-3H3. The highest BCUT2D eigenvalue weighted by Crippen LogP contribution is 2.35. The normalized spacial score (nSPS) is 33.8. The summed E-state index contributed by atoms with van der Waals surface area (Å²) in [5.74, 6) is 2.01. The van der Waals surface area contributed by atoms with E-state index in [1.807, 2.05) is 0 Å². The molecule has 1 aliphatic carbocycles. The van der Waals surface area contributed by atoms with E-state index in [9.17, 15) is 4.39 Å². The zero-order valence-electron chi connectivity index (χ0n) is 8.52. The van der Waals surface area contributed by atoms with Crippen molar-refractivity contribution in [3.8, 4) is 0 Å². The lowest BCUT2D eigenvalue weighted by molar-refractivity contribution is 0.150. The van der Waals surface area contributed by atoms with Gasteiger partial charge in [0.05, 0.1) is 0 Å². The van der Waals surface area contributed by atoms with Crippen LogP contribution in [0.15, 0.2) is 0 Å². The quantitative estimate of drug-likeness (QED) is 0.594. The zero-order chi connectivity index (χ0) is 9.14. The number of halogens is 1. The first kappa shape index (κ1) is 10.0. The molecule has 0 radical (unpaired) electrons. The molecule has 0 aromatic carbocycles. The fraction of sp³-hybridized carbons (Fsp3) is 1.00. The van der Waals surface area contributed by atoms with Crippen molar-refractivity contribution in [3.63, 3.8) is 0 Å². The molecule has 1 rings (SSSR count). The summed E-state index contributed by atoms with van der Waals surface area (Å²) in [4.78, 5) is 0. The van der Waals surface area contributed by atoms with Crippen molar-refractivity contribution in [3.05, 3.63) is 0 Å². The van der Waals surface area contributed by atoms with Gasteiger partial charge in [0.25, 0.3) is 0 Å². The first-order chi connectivity index (χ1) is 5.61. The second-order valence-electron chi connectivity index (χ2n) is 4.60. The molecule has 1 unspecified atom stereocenters. The second kappa shape index (κ2) is 4.25. The maximum atomic E-state index is 12.9. The molecule has 1 fully saturated rings. The molecule has 12 heavy (non-hydrogen) atoms. The Morgan fingerprint density at radius 3 is 1.67 bits per heavy atom. The molecule has 1 aliphatic rings. The van der Waals surface area contributed by atoms with Crippen molar-refractivity contribution >= 4 is 0 Å². The Bertz CT molecular complexity index is 105. The Hall–Kier alpha value is -0.0700. The summed E-state index contributed by atoms with van der Waals surface area (Å²) in [7, 11) is 0. The highest BCUT2D eigenvalue weighted by Gasteiger charge is 2.26. The third-order valence-corrected chi connectivity index (χ3v) is 3.41. The SMILES string of the molecule is CC(C)C1CCC(C(C)F)CC1. The molecule has 0 saturated heterocycles. The van der Waals surface area contributed by atoms with Gasteiger partial charge in [0.2, 0.25) is 0 Å². The van der Waals surface area contributed by atoms with Crippen LogP contribution in [-0.2, 0) is 0 Å². The monoisotopic (exact) mass is 172 g/mol. The Labute approximate surface area is 75.5 Å². The van der Waals surface area contributed by atoms with Gasteiger partial charge >= 0.3 is 0 Å². The lowest BCUT2D eigenvalue weighted by Crippen LogP contribution is -2.23. The van der Waals surface area contributed by atoms with Gasteiger partial charge in [-0.1, -0.05) is 13.8 Å². The van der Waals surface area contributed by atoms with Crippen LogP contribution in [0.5, 0.6) is 0 Å². The second-order valence-corrected chi connectivity index (χ2v) is 4.60. The predicted molar refractivity (Wildman–Crippen MR) is 50.9 cm³/mol. The third-order valence-electron chi connectivity index (χ3n) is 3.41. The molecule has 0 nitrogen and oxygen atoms in total. The molecule has 0 aromatic heterocycles. The number of rotatable bonds is 2. The van der Waals surface area contributed by atoms with Gasteiger partial charge in [0.1, 0.15) is 6.17 Å². The van der Waals surface area contributed by atoms with E-state index in [-0.39, 0.29) is 0 Å². The molecule has 0 heterocycles. The summed E-state index contributed by atoms with van der Waals surface area (Å²) >= 11 is 0. The van der Waals surface area contributed by atoms with E-state index >= 15 is 0 Å². The smallest absolute Gasteiger partial charge is 0.100 e. The minimum atomic E-state index is -0.585. The Balaban J connectivity index is 2.30. The fourth-order valence-corrected chi connectivity index (χ4v) is 2.27. The van der Waals surface area contributed by atoms with Crippen molar-refractivity contribution in [2.75, 3.05) is 0 Å². The van der Waals surface area contributed by atoms with E-state index in [1.165, 1.54) is 12.8 Å². The highest BCUT2D eigenvalue weighted by molar-refractivity contribution is 4.76. The van der Waals surface area contributed by atoms with Crippen molar-refractivity contribution in [2.45, 2.75) is 52.6 Å². The maximum Gasteiger partial charge on any atom is 0.100 e. The summed E-state index contributed by atoms with van der Waals surface area (Å²) in [6.07, 6.45) is 4.13. The average Bonchev–Trinajstić information content (AvgIpc) is 2.04. The molecule has 1 atom stereocenters. The van der Waals surface area contributed by atoms with Crippen LogP contribution in [0.25, 0.3) is 0 Å². The molecule has 0 aromatic rings. The fourth-order valence-electron chi connectivity index (χ4n) is 2.27. The summed E-state index contributed by atoms with van der Waals surface area (Å²) in [6, 6.07) is 0. The molecule has 0 spiro atoms. The van der Waals surface area contributed by atoms with Crippen molar-refractivity contribution in [2.24, 2.45) is 17.8 Å². The Morgan fingerprint density at radius 1 is 0.917 bits per heavy atom. The van der Waals surface area contributed by atoms with Crippen molar-refractivity contribution < 1.29 is 4.39 Å². The van der Waals surface area contributed by atoms with Crippen molar-refractivity contribution in [1.82, 2.24) is 0 Å². The minimum Gasteiger partial charge on any atom is -0.247 e. The van der Waals surface area contributed by atoms with Crippen LogP contribution in [0.3, 0.4) is 0 Å². The molecule has 0 amide bonds. The number of hydrogen-bond acceptors (Lipinski definition) is 0. The molecule has 0 aliphatic heterocycles. The molecule has 0 N–H and O–H groups in total. The Kier molecular flexibility index (Phi) is 3.54. The van der Waals surface area contributed by atoms with Crippen LogP contribution >= 0.6 is 0 Å². The van der Waals surface area contributed by atoms with Crippen LogP contribution in [0.2, 0.25) is 0 Å². The van der Waals surface area contributed by atoms with E-state index in [2.05, 4.69) is 13.8 Å². The van der Waals surface area contributed by atoms with Gasteiger partial charge in [-0.05, 0) is 50.4 Å². The topological polar surface area (TPSA) is 0 Å². The highest BCUT2D eigenvalue weighted by atomic mass is 19.1. The number of hydrogen-bond donors (Lipinski definition) is 0. The van der Waals surface area contributed by atoms with Crippen molar-refractivity contribution in [1.29, 1.82) is 0 Å². The maximum absolute atomic E-state index is 12.9. The van der Waals surface area contributed by atoms with Gasteiger partial charge in [0, 0.05) is 0 Å². The summed E-state index contributed by atoms with van der Waals surface area (Å²) in [5, 5.41) is 0. The van der Waals surface area contributed by atoms with Crippen LogP contribution in [0.4, 0.5) is 4.39 Å². The van der Waals surface area contributed by atoms with Crippen LogP contribution in [0, 0.1) is 17.8 Å². The average molecular weight is 172 g/mol. The van der Waals surface area contributed by atoms with Gasteiger partial charge in [0.15, 0.2) is 0 Å².